The number of benzene rings is 2. The maximum Gasteiger partial charge on any atom is 0.211 e. The minimum absolute atomic E-state index is 0.914. The molecule has 0 fully saturated rings. The second kappa shape index (κ2) is 11.3. The van der Waals surface area contributed by atoms with Crippen LogP contribution in [-0.4, -0.2) is 4.70 Å². The molecule has 0 spiro atoms. The molecule has 3 rings (SSSR count). The number of unbranched alkanes of at least 4 members (excludes halogenated alkanes) is 5. The van der Waals surface area contributed by atoms with Crippen molar-refractivity contribution in [1.29, 1.82) is 0 Å². The van der Waals surface area contributed by atoms with E-state index in [9.17, 15) is 5.53 Å². The topological polar surface area (TPSA) is 25.3 Å². The fourth-order valence-electron chi connectivity index (χ4n) is 5.32. The van der Waals surface area contributed by atoms with Gasteiger partial charge in [-0.25, -0.2) is 4.70 Å². The Morgan fingerprint density at radius 2 is 1.00 bits per heavy atom. The first-order chi connectivity index (χ1) is 16.2. The molecule has 0 N–H and O–H groups in total. The van der Waals surface area contributed by atoms with Gasteiger partial charge in [-0.3, -0.25) is 0 Å². The predicted molar refractivity (Wildman–Crippen MR) is 147 cm³/mol. The number of hydrogen-bond donors (Lipinski definition) is 0. The van der Waals surface area contributed by atoms with Gasteiger partial charge >= 0.3 is 0 Å². The highest BCUT2D eigenvalue weighted by Gasteiger charge is 2.35. The zero-order valence-corrected chi connectivity index (χ0v) is 22.9. The third kappa shape index (κ3) is 5.27. The van der Waals surface area contributed by atoms with Crippen molar-refractivity contribution in [3.05, 3.63) is 85.5 Å². The Kier molecular flexibility index (Phi) is 8.68. The highest BCUT2D eigenvalue weighted by atomic mass is 15.2. The quantitative estimate of drug-likeness (QED) is 0.251. The molecular weight excluding hydrogens is 412 g/mol. The van der Waals surface area contributed by atoms with Gasteiger partial charge in [-0.05, 0) is 118 Å². The SMILES string of the molecule is CCCCCCCCC1=C(c2cc(C)c(C)c(C)c2)[N+](=[N-])C(c2cc(C)c(C)c(C)c2)=C1CC. The minimum atomic E-state index is 0.914. The zero-order chi connectivity index (χ0) is 25.0. The highest BCUT2D eigenvalue weighted by Crippen LogP contribution is 2.44. The molecule has 182 valence electrons. The molecule has 0 saturated heterocycles. The number of rotatable bonds is 10. The lowest BCUT2D eigenvalue weighted by Crippen LogP contribution is -2.04. The van der Waals surface area contributed by atoms with Crippen molar-refractivity contribution in [2.75, 3.05) is 0 Å². The summed E-state index contributed by atoms with van der Waals surface area (Å²) >= 11 is 0. The Labute approximate surface area is 208 Å². The molecule has 1 aliphatic rings. The monoisotopic (exact) mass is 456 g/mol. The Morgan fingerprint density at radius 1 is 0.588 bits per heavy atom. The second-order valence-corrected chi connectivity index (χ2v) is 10.3. The normalized spacial score (nSPS) is 14.1. The molecule has 0 aliphatic carbocycles. The Hall–Kier alpha value is -2.48. The minimum Gasteiger partial charge on any atom is -0.493 e. The second-order valence-electron chi connectivity index (χ2n) is 10.3. The fraction of sp³-hybridized carbons (Fsp3) is 0.500. The molecule has 2 aromatic rings. The summed E-state index contributed by atoms with van der Waals surface area (Å²) in [7, 11) is 0. The summed E-state index contributed by atoms with van der Waals surface area (Å²) in [5.74, 6) is 0. The molecule has 2 aromatic carbocycles. The highest BCUT2D eigenvalue weighted by molar-refractivity contribution is 5.82. The first kappa shape index (κ1) is 26.1. The summed E-state index contributed by atoms with van der Waals surface area (Å²) < 4.78 is 1.51. The molecule has 0 amide bonds. The average molecular weight is 457 g/mol. The summed E-state index contributed by atoms with van der Waals surface area (Å²) in [5.41, 5.74) is 26.3. The third-order valence-corrected chi connectivity index (χ3v) is 7.89. The summed E-state index contributed by atoms with van der Waals surface area (Å²) in [5, 5.41) is 0. The molecule has 1 heterocycles. The Balaban J connectivity index is 2.09. The maximum atomic E-state index is 11.7. The molecule has 34 heavy (non-hydrogen) atoms. The van der Waals surface area contributed by atoms with E-state index in [0.29, 0.717) is 0 Å². The molecule has 0 atom stereocenters. The van der Waals surface area contributed by atoms with E-state index in [1.54, 1.807) is 0 Å². The molecule has 0 saturated carbocycles. The predicted octanol–water partition coefficient (Wildman–Crippen LogP) is 9.87. The van der Waals surface area contributed by atoms with Crippen molar-refractivity contribution in [2.45, 2.75) is 107 Å². The Morgan fingerprint density at radius 3 is 1.44 bits per heavy atom. The van der Waals surface area contributed by atoms with Crippen LogP contribution in [0.2, 0.25) is 0 Å². The molecule has 0 bridgehead atoms. The van der Waals surface area contributed by atoms with Crippen molar-refractivity contribution in [3.8, 4) is 0 Å². The van der Waals surface area contributed by atoms with Gasteiger partial charge in [0.25, 0.3) is 0 Å². The Bertz CT molecular complexity index is 1100. The van der Waals surface area contributed by atoms with E-state index < -0.39 is 0 Å². The van der Waals surface area contributed by atoms with Gasteiger partial charge in [0.2, 0.25) is 11.4 Å². The number of nitrogens with zero attached hydrogens (tertiary/aromatic N) is 2. The van der Waals surface area contributed by atoms with Crippen LogP contribution in [0.4, 0.5) is 0 Å². The molecular formula is C32H44N2. The average Bonchev–Trinajstić information content (AvgIpc) is 3.08. The molecule has 0 unspecified atom stereocenters. The van der Waals surface area contributed by atoms with E-state index in [1.807, 2.05) is 0 Å². The largest absolute Gasteiger partial charge is 0.493 e. The van der Waals surface area contributed by atoms with Crippen LogP contribution >= 0.6 is 0 Å². The third-order valence-electron chi connectivity index (χ3n) is 7.89. The number of allylic oxidation sites excluding steroid dienone is 2. The van der Waals surface area contributed by atoms with Crippen molar-refractivity contribution < 1.29 is 4.70 Å². The van der Waals surface area contributed by atoms with Crippen molar-refractivity contribution in [3.63, 3.8) is 0 Å². The van der Waals surface area contributed by atoms with Crippen molar-refractivity contribution >= 4 is 11.4 Å². The lowest BCUT2D eigenvalue weighted by Gasteiger charge is -2.14. The van der Waals surface area contributed by atoms with E-state index in [0.717, 1.165) is 35.4 Å². The molecule has 2 heteroatoms. The van der Waals surface area contributed by atoms with E-state index >= 15 is 0 Å². The first-order valence-corrected chi connectivity index (χ1v) is 13.3. The van der Waals surface area contributed by atoms with Crippen LogP contribution in [-0.2, 0) is 0 Å². The number of aryl methyl sites for hydroxylation is 4. The van der Waals surface area contributed by atoms with E-state index in [4.69, 9.17) is 0 Å². The van der Waals surface area contributed by atoms with Crippen LogP contribution < -0.4 is 0 Å². The van der Waals surface area contributed by atoms with Gasteiger partial charge in [-0.2, -0.15) is 0 Å². The molecule has 2 nitrogen and oxygen atoms in total. The van der Waals surface area contributed by atoms with Gasteiger partial charge in [-0.1, -0.05) is 46.0 Å². The fourth-order valence-corrected chi connectivity index (χ4v) is 5.32. The van der Waals surface area contributed by atoms with E-state index in [1.165, 1.54) is 87.7 Å². The molecule has 0 radical (unpaired) electrons. The van der Waals surface area contributed by atoms with Crippen molar-refractivity contribution in [1.82, 2.24) is 0 Å². The van der Waals surface area contributed by atoms with Crippen LogP contribution in [0, 0.1) is 41.5 Å². The maximum absolute atomic E-state index is 11.7. The van der Waals surface area contributed by atoms with E-state index in [2.05, 4.69) is 79.7 Å². The van der Waals surface area contributed by atoms with Crippen LogP contribution in [0.25, 0.3) is 16.9 Å². The summed E-state index contributed by atoms with van der Waals surface area (Å²) in [6, 6.07) is 9.00. The van der Waals surface area contributed by atoms with Crippen LogP contribution in [0.5, 0.6) is 0 Å². The summed E-state index contributed by atoms with van der Waals surface area (Å²) in [6.45, 7) is 17.6. The smallest absolute Gasteiger partial charge is 0.211 e. The van der Waals surface area contributed by atoms with Gasteiger partial charge in [-0.15, -0.1) is 0 Å². The van der Waals surface area contributed by atoms with Crippen LogP contribution in [0.15, 0.2) is 35.4 Å². The van der Waals surface area contributed by atoms with Gasteiger partial charge < -0.3 is 5.53 Å². The van der Waals surface area contributed by atoms with Gasteiger partial charge in [0.15, 0.2) is 0 Å². The van der Waals surface area contributed by atoms with E-state index in [-0.39, 0.29) is 0 Å². The zero-order valence-electron chi connectivity index (χ0n) is 22.9. The van der Waals surface area contributed by atoms with Crippen LogP contribution in [0.3, 0.4) is 0 Å². The van der Waals surface area contributed by atoms with Crippen LogP contribution in [0.1, 0.15) is 110 Å². The summed E-state index contributed by atoms with van der Waals surface area (Å²) in [6.07, 6.45) is 9.59. The van der Waals surface area contributed by atoms with Gasteiger partial charge in [0.1, 0.15) is 0 Å². The molecule has 0 aromatic heterocycles. The van der Waals surface area contributed by atoms with Gasteiger partial charge in [0.05, 0.1) is 0 Å². The lowest BCUT2D eigenvalue weighted by atomic mass is 9.91. The first-order valence-electron chi connectivity index (χ1n) is 13.3. The summed E-state index contributed by atoms with van der Waals surface area (Å²) in [4.78, 5) is 0. The standard InChI is InChI=1S/C32H44N2/c1-9-11-12-13-14-15-16-30-29(10-2)31(27-17-21(3)25(7)22(4)18-27)34(33)32(30)28-19-23(5)26(8)24(6)20-28/h17-20H,9-16H2,1-8H3. The van der Waals surface area contributed by atoms with Crippen molar-refractivity contribution in [2.24, 2.45) is 0 Å². The lowest BCUT2D eigenvalue weighted by molar-refractivity contribution is -0.345. The number of hydrogen-bond acceptors (Lipinski definition) is 0. The molecule has 1 aliphatic heterocycles. The van der Waals surface area contributed by atoms with Gasteiger partial charge in [0, 0.05) is 22.3 Å².